The van der Waals surface area contributed by atoms with E-state index in [9.17, 15) is 4.79 Å². The van der Waals surface area contributed by atoms with Crippen LogP contribution in [0.5, 0.6) is 0 Å². The summed E-state index contributed by atoms with van der Waals surface area (Å²) in [6.45, 7) is 3.77. The number of furan rings is 1. The summed E-state index contributed by atoms with van der Waals surface area (Å²) in [4.78, 5) is 12.1. The molecule has 0 aliphatic heterocycles. The van der Waals surface area contributed by atoms with Gasteiger partial charge >= 0.3 is 0 Å². The zero-order valence-electron chi connectivity index (χ0n) is 13.4. The molecule has 7 heteroatoms. The molecule has 0 saturated heterocycles. The molecular weight excluding hydrogens is 326 g/mol. The van der Waals surface area contributed by atoms with Gasteiger partial charge in [0.05, 0.1) is 23.6 Å². The minimum absolute atomic E-state index is 0.0499. The zero-order valence-corrected chi connectivity index (χ0v) is 14.2. The van der Waals surface area contributed by atoms with Gasteiger partial charge in [-0.3, -0.25) is 4.79 Å². The average molecular weight is 343 g/mol. The molecule has 0 fully saturated rings. The van der Waals surface area contributed by atoms with Crippen LogP contribution in [0.2, 0.25) is 0 Å². The highest BCUT2D eigenvalue weighted by molar-refractivity contribution is 7.99. The quantitative estimate of drug-likeness (QED) is 0.689. The van der Waals surface area contributed by atoms with E-state index in [4.69, 9.17) is 8.83 Å². The van der Waals surface area contributed by atoms with E-state index in [2.05, 4.69) is 15.5 Å². The molecule has 1 amide bonds. The molecule has 0 radical (unpaired) electrons. The molecule has 0 saturated carbocycles. The van der Waals surface area contributed by atoms with Crippen LogP contribution in [0, 0.1) is 6.92 Å². The summed E-state index contributed by atoms with van der Waals surface area (Å²) in [5.41, 5.74) is 1.82. The molecule has 0 bridgehead atoms. The minimum Gasteiger partial charge on any atom is -0.469 e. The second-order valence-corrected chi connectivity index (χ2v) is 6.18. The maximum Gasteiger partial charge on any atom is 0.277 e. The molecule has 0 aliphatic carbocycles. The van der Waals surface area contributed by atoms with Gasteiger partial charge in [-0.25, -0.2) is 0 Å². The van der Waals surface area contributed by atoms with Gasteiger partial charge in [-0.2, -0.15) is 0 Å². The number of nitrogens with zero attached hydrogens (tertiary/aromatic N) is 2. The standard InChI is InChI=1S/C17H17N3O3S/c1-11(13-6-4-3-5-7-13)18-15(21)10-24-17-20-19-16(23-17)14-8-9-22-12(14)2/h3-9,11H,10H2,1-2H3,(H,18,21)/t11-/m1/s1. The lowest BCUT2D eigenvalue weighted by atomic mass is 10.1. The van der Waals surface area contributed by atoms with Crippen molar-refractivity contribution in [1.29, 1.82) is 0 Å². The van der Waals surface area contributed by atoms with Gasteiger partial charge in [-0.05, 0) is 25.5 Å². The Bertz CT molecular complexity index is 813. The van der Waals surface area contributed by atoms with Crippen molar-refractivity contribution in [3.8, 4) is 11.5 Å². The van der Waals surface area contributed by atoms with E-state index in [-0.39, 0.29) is 17.7 Å². The van der Waals surface area contributed by atoms with Gasteiger partial charge in [0.1, 0.15) is 5.76 Å². The number of amides is 1. The van der Waals surface area contributed by atoms with Crippen LogP contribution >= 0.6 is 11.8 Å². The summed E-state index contributed by atoms with van der Waals surface area (Å²) in [6.07, 6.45) is 1.57. The molecule has 0 spiro atoms. The van der Waals surface area contributed by atoms with Crippen LogP contribution in [0.3, 0.4) is 0 Å². The normalized spacial score (nSPS) is 12.1. The number of aryl methyl sites for hydroxylation is 1. The molecule has 124 valence electrons. The number of carbonyl (C=O) groups excluding carboxylic acids is 1. The first-order valence-corrected chi connectivity index (χ1v) is 8.47. The number of rotatable bonds is 6. The maximum absolute atomic E-state index is 12.1. The van der Waals surface area contributed by atoms with Crippen molar-refractivity contribution in [3.63, 3.8) is 0 Å². The fourth-order valence-electron chi connectivity index (χ4n) is 2.22. The minimum atomic E-state index is -0.0874. The van der Waals surface area contributed by atoms with Crippen molar-refractivity contribution in [2.45, 2.75) is 25.1 Å². The Balaban J connectivity index is 1.53. The van der Waals surface area contributed by atoms with Crippen LogP contribution in [-0.4, -0.2) is 21.9 Å². The molecule has 1 aromatic carbocycles. The number of thioether (sulfide) groups is 1. The van der Waals surface area contributed by atoms with Gasteiger partial charge in [0.25, 0.3) is 11.1 Å². The van der Waals surface area contributed by atoms with Crippen LogP contribution in [0.4, 0.5) is 0 Å². The van der Waals surface area contributed by atoms with Crippen LogP contribution < -0.4 is 5.32 Å². The molecule has 1 N–H and O–H groups in total. The summed E-state index contributed by atoms with van der Waals surface area (Å²) >= 11 is 1.21. The summed E-state index contributed by atoms with van der Waals surface area (Å²) < 4.78 is 10.8. The van der Waals surface area contributed by atoms with Crippen molar-refractivity contribution in [2.75, 3.05) is 5.75 Å². The van der Waals surface area contributed by atoms with Crippen molar-refractivity contribution in [1.82, 2.24) is 15.5 Å². The second kappa shape index (κ2) is 7.35. The number of hydrogen-bond acceptors (Lipinski definition) is 6. The van der Waals surface area contributed by atoms with Gasteiger partial charge in [0.15, 0.2) is 0 Å². The third kappa shape index (κ3) is 3.86. The smallest absolute Gasteiger partial charge is 0.277 e. The Morgan fingerprint density at radius 2 is 2.04 bits per heavy atom. The number of benzene rings is 1. The van der Waals surface area contributed by atoms with E-state index in [0.29, 0.717) is 16.9 Å². The highest BCUT2D eigenvalue weighted by Crippen LogP contribution is 2.26. The first-order chi connectivity index (χ1) is 11.6. The maximum atomic E-state index is 12.1. The van der Waals surface area contributed by atoms with Gasteiger partial charge in [0.2, 0.25) is 5.91 Å². The summed E-state index contributed by atoms with van der Waals surface area (Å²) in [5, 5.41) is 11.2. The molecule has 0 aliphatic rings. The van der Waals surface area contributed by atoms with Crippen LogP contribution in [0.25, 0.3) is 11.5 Å². The average Bonchev–Trinajstić information content (AvgIpc) is 3.22. The number of nitrogens with one attached hydrogen (secondary N) is 1. The molecule has 0 unspecified atom stereocenters. The number of carbonyl (C=O) groups is 1. The predicted octanol–water partition coefficient (Wildman–Crippen LogP) is 3.61. The fraction of sp³-hybridized carbons (Fsp3) is 0.235. The van der Waals surface area contributed by atoms with E-state index in [0.717, 1.165) is 11.1 Å². The Morgan fingerprint density at radius 3 is 2.75 bits per heavy atom. The van der Waals surface area contributed by atoms with Crippen molar-refractivity contribution >= 4 is 17.7 Å². The van der Waals surface area contributed by atoms with Crippen LogP contribution in [-0.2, 0) is 4.79 Å². The summed E-state index contributed by atoms with van der Waals surface area (Å²) in [5.74, 6) is 1.23. The van der Waals surface area contributed by atoms with Crippen LogP contribution in [0.15, 0.2) is 56.7 Å². The molecule has 6 nitrogen and oxygen atoms in total. The molecule has 24 heavy (non-hydrogen) atoms. The third-order valence-electron chi connectivity index (χ3n) is 3.50. The largest absolute Gasteiger partial charge is 0.469 e. The lowest BCUT2D eigenvalue weighted by molar-refractivity contribution is -0.119. The monoisotopic (exact) mass is 343 g/mol. The first kappa shape index (κ1) is 16.3. The van der Waals surface area contributed by atoms with E-state index >= 15 is 0 Å². The fourth-order valence-corrected chi connectivity index (χ4v) is 2.79. The van der Waals surface area contributed by atoms with E-state index < -0.39 is 0 Å². The van der Waals surface area contributed by atoms with E-state index in [1.165, 1.54) is 11.8 Å². The molecule has 3 aromatic rings. The molecule has 3 rings (SSSR count). The van der Waals surface area contributed by atoms with Gasteiger partial charge in [-0.15, -0.1) is 10.2 Å². The topological polar surface area (TPSA) is 81.2 Å². The van der Waals surface area contributed by atoms with E-state index in [1.807, 2.05) is 44.2 Å². The lowest BCUT2D eigenvalue weighted by Gasteiger charge is -2.13. The molecule has 1 atom stereocenters. The Hall–Kier alpha value is -2.54. The van der Waals surface area contributed by atoms with Crippen molar-refractivity contribution in [3.05, 3.63) is 54.0 Å². The van der Waals surface area contributed by atoms with Gasteiger partial charge < -0.3 is 14.2 Å². The van der Waals surface area contributed by atoms with Gasteiger partial charge in [-0.1, -0.05) is 42.1 Å². The summed E-state index contributed by atoms with van der Waals surface area (Å²) in [6, 6.07) is 11.5. The Labute approximate surface area is 143 Å². The Kier molecular flexibility index (Phi) is 5.00. The SMILES string of the molecule is Cc1occc1-c1nnc(SCC(=O)N[C@H](C)c2ccccc2)o1. The van der Waals surface area contributed by atoms with Crippen molar-refractivity contribution < 1.29 is 13.6 Å². The van der Waals surface area contributed by atoms with Gasteiger partial charge in [0, 0.05) is 0 Å². The number of hydrogen-bond donors (Lipinski definition) is 1. The zero-order chi connectivity index (χ0) is 16.9. The van der Waals surface area contributed by atoms with E-state index in [1.54, 1.807) is 12.3 Å². The highest BCUT2D eigenvalue weighted by Gasteiger charge is 2.15. The number of aromatic nitrogens is 2. The molecule has 2 aromatic heterocycles. The predicted molar refractivity (Wildman–Crippen MR) is 90.5 cm³/mol. The highest BCUT2D eigenvalue weighted by atomic mass is 32.2. The first-order valence-electron chi connectivity index (χ1n) is 7.48. The molecule has 2 heterocycles. The summed E-state index contributed by atoms with van der Waals surface area (Å²) in [7, 11) is 0. The third-order valence-corrected chi connectivity index (χ3v) is 4.32. The molecular formula is C17H17N3O3S. The van der Waals surface area contributed by atoms with Crippen LogP contribution in [0.1, 0.15) is 24.3 Å². The van der Waals surface area contributed by atoms with Crippen molar-refractivity contribution in [2.24, 2.45) is 0 Å². The second-order valence-electron chi connectivity index (χ2n) is 5.25. The Morgan fingerprint density at radius 1 is 1.25 bits per heavy atom. The lowest BCUT2D eigenvalue weighted by Crippen LogP contribution is -2.28.